The largest absolute Gasteiger partial charge is 0.425 e. The monoisotopic (exact) mass is 452 g/mol. The summed E-state index contributed by atoms with van der Waals surface area (Å²) in [7, 11) is 0. The van der Waals surface area contributed by atoms with Crippen LogP contribution in [0.15, 0.2) is 0 Å². The molecule has 0 aromatic heterocycles. The number of hydrogen-bond acceptors (Lipinski definition) is 2. The van der Waals surface area contributed by atoms with Crippen molar-refractivity contribution in [2.75, 3.05) is 0 Å². The average Bonchev–Trinajstić information content (AvgIpc) is 2.40. The van der Waals surface area contributed by atoms with Gasteiger partial charge in [-0.05, 0) is 22.4 Å². The summed E-state index contributed by atoms with van der Waals surface area (Å²) >= 11 is 6.37. The standard InChI is InChI=1S/C11H7BrClF9N2/c12-11(21,22)9(13,17)2-1-7(4-23,5-24)3-8(15,16)6(14)10(18,19)20/h6H,1-3H2. The van der Waals surface area contributed by atoms with Gasteiger partial charge in [0.2, 0.25) is 0 Å². The Bertz CT molecular complexity index is 516. The fraction of sp³-hybridized carbons (Fsp3) is 0.818. The van der Waals surface area contributed by atoms with Crippen molar-refractivity contribution in [2.45, 2.75) is 47.5 Å². The van der Waals surface area contributed by atoms with Crippen molar-refractivity contribution in [1.29, 1.82) is 10.5 Å². The smallest absolute Gasteiger partial charge is 0.231 e. The summed E-state index contributed by atoms with van der Waals surface area (Å²) in [5.41, 5.74) is -3.07. The van der Waals surface area contributed by atoms with E-state index in [2.05, 4.69) is 0 Å². The van der Waals surface area contributed by atoms with E-state index in [0.29, 0.717) is 0 Å². The first kappa shape index (κ1) is 23.1. The highest BCUT2D eigenvalue weighted by Crippen LogP contribution is 2.48. The van der Waals surface area contributed by atoms with Crippen molar-refractivity contribution in [2.24, 2.45) is 5.41 Å². The predicted molar refractivity (Wildman–Crippen MR) is 67.0 cm³/mol. The average molecular weight is 454 g/mol. The topological polar surface area (TPSA) is 47.6 Å². The summed E-state index contributed by atoms with van der Waals surface area (Å²) < 4.78 is 115. The first-order valence-corrected chi connectivity index (χ1v) is 6.97. The second-order valence-electron chi connectivity index (χ2n) is 4.85. The second kappa shape index (κ2) is 7.16. The molecule has 0 aromatic carbocycles. The highest BCUT2D eigenvalue weighted by molar-refractivity contribution is 9.10. The summed E-state index contributed by atoms with van der Waals surface area (Å²) in [6.45, 7) is 0. The predicted octanol–water partition coefficient (Wildman–Crippen LogP) is 5.62. The van der Waals surface area contributed by atoms with E-state index in [-0.39, 0.29) is 0 Å². The molecule has 2 nitrogen and oxygen atoms in total. The van der Waals surface area contributed by atoms with Gasteiger partial charge in [-0.15, -0.1) is 0 Å². The van der Waals surface area contributed by atoms with E-state index >= 15 is 0 Å². The van der Waals surface area contributed by atoms with Crippen LogP contribution in [-0.2, 0) is 0 Å². The van der Waals surface area contributed by atoms with Crippen molar-refractivity contribution in [3.05, 3.63) is 0 Å². The zero-order valence-electron chi connectivity index (χ0n) is 11.3. The highest BCUT2D eigenvalue weighted by Gasteiger charge is 2.60. The third-order valence-corrected chi connectivity index (χ3v) is 4.19. The van der Waals surface area contributed by atoms with Crippen LogP contribution in [0.5, 0.6) is 0 Å². The lowest BCUT2D eigenvalue weighted by atomic mass is 9.79. The molecule has 0 heterocycles. The van der Waals surface area contributed by atoms with Crippen LogP contribution in [0.4, 0.5) is 39.5 Å². The molecule has 13 heteroatoms. The third kappa shape index (κ3) is 5.59. The van der Waals surface area contributed by atoms with Crippen LogP contribution in [0.3, 0.4) is 0 Å². The van der Waals surface area contributed by atoms with Crippen LogP contribution < -0.4 is 0 Å². The maximum Gasteiger partial charge on any atom is 0.425 e. The van der Waals surface area contributed by atoms with Crippen molar-refractivity contribution >= 4 is 27.5 Å². The van der Waals surface area contributed by atoms with E-state index < -0.39 is 52.9 Å². The fourth-order valence-electron chi connectivity index (χ4n) is 1.55. The molecule has 24 heavy (non-hydrogen) atoms. The molecule has 2 unspecified atom stereocenters. The van der Waals surface area contributed by atoms with Gasteiger partial charge in [-0.3, -0.25) is 0 Å². The molecule has 0 amide bonds. The van der Waals surface area contributed by atoms with Gasteiger partial charge >= 0.3 is 11.0 Å². The minimum atomic E-state index is -5.99. The van der Waals surface area contributed by atoms with Gasteiger partial charge in [0.25, 0.3) is 17.2 Å². The maximum atomic E-state index is 13.5. The Balaban J connectivity index is 5.45. The van der Waals surface area contributed by atoms with Crippen molar-refractivity contribution in [3.8, 4) is 12.1 Å². The number of hydrogen-bond donors (Lipinski definition) is 0. The van der Waals surface area contributed by atoms with E-state index in [1.807, 2.05) is 0 Å². The molecule has 2 atom stereocenters. The molecule has 0 fully saturated rings. The first-order valence-electron chi connectivity index (χ1n) is 5.80. The van der Waals surface area contributed by atoms with Crippen LogP contribution in [0.2, 0.25) is 0 Å². The third-order valence-electron chi connectivity index (χ3n) is 2.90. The van der Waals surface area contributed by atoms with Crippen LogP contribution in [-0.4, -0.2) is 28.2 Å². The maximum absolute atomic E-state index is 13.5. The molecule has 0 N–H and O–H groups in total. The normalized spacial score (nSPS) is 17.5. The number of rotatable bonds is 7. The van der Waals surface area contributed by atoms with E-state index in [1.165, 1.54) is 0 Å². The van der Waals surface area contributed by atoms with Crippen molar-refractivity contribution in [3.63, 3.8) is 0 Å². The summed E-state index contributed by atoms with van der Waals surface area (Å²) in [6, 6.07) is 1.78. The lowest BCUT2D eigenvalue weighted by molar-refractivity contribution is -0.249. The lowest BCUT2D eigenvalue weighted by Gasteiger charge is -2.30. The second-order valence-corrected chi connectivity index (χ2v) is 6.44. The zero-order valence-corrected chi connectivity index (χ0v) is 13.6. The van der Waals surface area contributed by atoms with Crippen LogP contribution in [0, 0.1) is 28.1 Å². The van der Waals surface area contributed by atoms with Gasteiger partial charge in [-0.2, -0.15) is 32.5 Å². The van der Waals surface area contributed by atoms with Gasteiger partial charge in [-0.1, -0.05) is 11.6 Å². The van der Waals surface area contributed by atoms with Crippen LogP contribution >= 0.6 is 27.5 Å². The van der Waals surface area contributed by atoms with Gasteiger partial charge in [0, 0.05) is 12.8 Å². The molecule has 0 aromatic rings. The number of halogens is 11. The number of nitriles is 2. The molecule has 0 radical (unpaired) electrons. The molecule has 0 aliphatic heterocycles. The highest BCUT2D eigenvalue weighted by atomic mass is 79.9. The van der Waals surface area contributed by atoms with Gasteiger partial charge in [0.05, 0.1) is 12.1 Å². The van der Waals surface area contributed by atoms with Gasteiger partial charge in [0.15, 0.2) is 0 Å². The van der Waals surface area contributed by atoms with E-state index in [1.54, 1.807) is 15.9 Å². The Labute approximate surface area is 143 Å². The Morgan fingerprint density at radius 3 is 1.62 bits per heavy atom. The molecule has 0 saturated carbocycles. The van der Waals surface area contributed by atoms with E-state index in [0.717, 1.165) is 12.1 Å². The molecule has 0 aliphatic carbocycles. The van der Waals surface area contributed by atoms with E-state index in [4.69, 9.17) is 22.1 Å². The molecule has 0 aliphatic rings. The van der Waals surface area contributed by atoms with Crippen molar-refractivity contribution < 1.29 is 39.5 Å². The molecule has 138 valence electrons. The molecule has 0 bridgehead atoms. The van der Waals surface area contributed by atoms with Crippen LogP contribution in [0.25, 0.3) is 0 Å². The van der Waals surface area contributed by atoms with Gasteiger partial charge in [-0.25, -0.2) is 17.6 Å². The Morgan fingerprint density at radius 1 is 0.917 bits per heavy atom. The minimum absolute atomic E-state index is 0.891. The van der Waals surface area contributed by atoms with E-state index in [9.17, 15) is 39.5 Å². The molecular weight excluding hydrogens is 446 g/mol. The zero-order chi connectivity index (χ0) is 19.6. The number of nitrogens with zero attached hydrogens (tertiary/aromatic N) is 2. The Kier molecular flexibility index (Phi) is 6.90. The molecular formula is C11H7BrClF9N2. The Hall–Kier alpha value is -0.880. The SMILES string of the molecule is N#CC(C#N)(CCC(F)(Cl)C(F)(F)Br)CC(F)(F)C(F)C(F)(F)F. The summed E-state index contributed by atoms with van der Waals surface area (Å²) in [6.07, 6.45) is -15.9. The summed E-state index contributed by atoms with van der Waals surface area (Å²) in [4.78, 5) is -4.38. The van der Waals surface area contributed by atoms with Crippen LogP contribution in [0.1, 0.15) is 19.3 Å². The summed E-state index contributed by atoms with van der Waals surface area (Å²) in [5, 5.41) is 13.6. The molecule has 0 saturated heterocycles. The fourth-order valence-corrected chi connectivity index (χ4v) is 1.84. The number of alkyl halides is 11. The first-order chi connectivity index (χ1) is 10.4. The lowest BCUT2D eigenvalue weighted by Crippen LogP contribution is -2.45. The molecule has 0 spiro atoms. The summed E-state index contributed by atoms with van der Waals surface area (Å²) in [5.74, 6) is -5.22. The van der Waals surface area contributed by atoms with Crippen molar-refractivity contribution in [1.82, 2.24) is 0 Å². The Morgan fingerprint density at radius 2 is 1.33 bits per heavy atom. The minimum Gasteiger partial charge on any atom is -0.231 e. The molecule has 0 rings (SSSR count). The quantitative estimate of drug-likeness (QED) is 0.371. The van der Waals surface area contributed by atoms with Gasteiger partial charge in [0.1, 0.15) is 5.41 Å². The van der Waals surface area contributed by atoms with Gasteiger partial charge < -0.3 is 0 Å².